The Morgan fingerprint density at radius 2 is 2.47 bits per heavy atom. The lowest BCUT2D eigenvalue weighted by Gasteiger charge is -1.91. The lowest BCUT2D eigenvalue weighted by molar-refractivity contribution is -0.109. The molecule has 0 aliphatic rings. The molecule has 0 aliphatic carbocycles. The molecule has 0 bridgehead atoms. The minimum absolute atomic E-state index is 0.0858. The molecule has 0 atom stereocenters. The summed E-state index contributed by atoms with van der Waals surface area (Å²) in [7, 11) is 0. The van der Waals surface area contributed by atoms with E-state index in [1.54, 1.807) is 13.1 Å². The largest absolute Gasteiger partial charge is 0.345 e. The molecule has 2 heterocycles. The first kappa shape index (κ1) is 12.2. The van der Waals surface area contributed by atoms with Crippen LogP contribution in [0.25, 0.3) is 11.0 Å². The van der Waals surface area contributed by atoms with Crippen LogP contribution in [0, 0.1) is 11.8 Å². The van der Waals surface area contributed by atoms with E-state index in [0.29, 0.717) is 5.75 Å². The topological polar surface area (TPSA) is 45.8 Å². The fourth-order valence-corrected chi connectivity index (χ4v) is 2.03. The SMILES string of the molecule is CC(=O)SCC#Cc1c[nH]c2ncc(Br)cc12. The van der Waals surface area contributed by atoms with Gasteiger partial charge in [-0.1, -0.05) is 23.6 Å². The van der Waals surface area contributed by atoms with Gasteiger partial charge in [-0.05, 0) is 22.0 Å². The molecule has 2 aromatic heterocycles. The van der Waals surface area contributed by atoms with E-state index in [9.17, 15) is 4.79 Å². The van der Waals surface area contributed by atoms with Crippen molar-refractivity contribution in [2.24, 2.45) is 0 Å². The summed E-state index contributed by atoms with van der Waals surface area (Å²) in [5.74, 6) is 6.51. The maximum Gasteiger partial charge on any atom is 0.186 e. The maximum absolute atomic E-state index is 10.7. The summed E-state index contributed by atoms with van der Waals surface area (Å²) < 4.78 is 0.922. The van der Waals surface area contributed by atoms with Gasteiger partial charge in [0.2, 0.25) is 0 Å². The molecule has 0 saturated heterocycles. The van der Waals surface area contributed by atoms with Crippen molar-refractivity contribution in [3.05, 3.63) is 28.5 Å². The van der Waals surface area contributed by atoms with Gasteiger partial charge in [0.1, 0.15) is 5.65 Å². The number of hydrogen-bond donors (Lipinski definition) is 1. The molecule has 2 aromatic rings. The van der Waals surface area contributed by atoms with Gasteiger partial charge in [-0.25, -0.2) is 4.98 Å². The Hall–Kier alpha value is -1.25. The molecule has 0 amide bonds. The molecule has 0 radical (unpaired) electrons. The first-order chi connectivity index (χ1) is 8.16. The predicted molar refractivity (Wildman–Crippen MR) is 73.8 cm³/mol. The van der Waals surface area contributed by atoms with Gasteiger partial charge < -0.3 is 4.98 Å². The molecule has 0 saturated carbocycles. The Morgan fingerprint density at radius 3 is 3.24 bits per heavy atom. The number of rotatable bonds is 1. The number of fused-ring (bicyclic) bond motifs is 1. The van der Waals surface area contributed by atoms with Gasteiger partial charge in [-0.2, -0.15) is 0 Å². The number of nitrogens with one attached hydrogen (secondary N) is 1. The quantitative estimate of drug-likeness (QED) is 0.824. The number of carbonyl (C=O) groups excluding carboxylic acids is 1. The lowest BCUT2D eigenvalue weighted by Crippen LogP contribution is -1.82. The van der Waals surface area contributed by atoms with Gasteiger partial charge in [0.05, 0.1) is 11.3 Å². The predicted octanol–water partition coefficient (Wildman–Crippen LogP) is 2.96. The summed E-state index contributed by atoms with van der Waals surface area (Å²) >= 11 is 4.59. The van der Waals surface area contributed by atoms with Crippen LogP contribution in [0.15, 0.2) is 22.9 Å². The second-order valence-corrected chi connectivity index (χ2v) is 5.40. The van der Waals surface area contributed by atoms with Crippen LogP contribution in [-0.4, -0.2) is 20.8 Å². The van der Waals surface area contributed by atoms with E-state index in [2.05, 4.69) is 37.7 Å². The monoisotopic (exact) mass is 308 g/mol. The number of carbonyl (C=O) groups is 1. The Bertz CT molecular complexity index is 624. The lowest BCUT2D eigenvalue weighted by atomic mass is 10.2. The van der Waals surface area contributed by atoms with Crippen molar-refractivity contribution >= 4 is 43.8 Å². The molecule has 2 rings (SSSR count). The standard InChI is InChI=1S/C12H9BrN2OS/c1-8(16)17-4-2-3-9-6-14-12-11(9)5-10(13)7-15-12/h5-7H,4H2,1H3,(H,14,15). The summed E-state index contributed by atoms with van der Waals surface area (Å²) in [5.41, 5.74) is 1.72. The van der Waals surface area contributed by atoms with Crippen LogP contribution in [0.4, 0.5) is 0 Å². The number of halogens is 1. The number of nitrogens with zero attached hydrogens (tertiary/aromatic N) is 1. The highest BCUT2D eigenvalue weighted by Gasteiger charge is 2.02. The van der Waals surface area contributed by atoms with E-state index >= 15 is 0 Å². The first-order valence-electron chi connectivity index (χ1n) is 4.91. The van der Waals surface area contributed by atoms with Crippen molar-refractivity contribution in [3.63, 3.8) is 0 Å². The Kier molecular flexibility index (Phi) is 3.87. The molecular formula is C12H9BrN2OS. The zero-order valence-electron chi connectivity index (χ0n) is 9.08. The highest BCUT2D eigenvalue weighted by molar-refractivity contribution is 9.10. The number of hydrogen-bond acceptors (Lipinski definition) is 3. The molecule has 0 aliphatic heterocycles. The average molecular weight is 309 g/mol. The van der Waals surface area contributed by atoms with Crippen molar-refractivity contribution in [1.82, 2.24) is 9.97 Å². The van der Waals surface area contributed by atoms with Gasteiger partial charge in [0, 0.05) is 29.2 Å². The van der Waals surface area contributed by atoms with Crippen LogP contribution in [-0.2, 0) is 4.79 Å². The summed E-state index contributed by atoms with van der Waals surface area (Å²) in [5, 5.41) is 1.07. The van der Waals surface area contributed by atoms with Crippen molar-refractivity contribution in [2.45, 2.75) is 6.92 Å². The average Bonchev–Trinajstić information content (AvgIpc) is 2.67. The first-order valence-corrected chi connectivity index (χ1v) is 6.69. The summed E-state index contributed by atoms with van der Waals surface area (Å²) in [6.45, 7) is 1.54. The second kappa shape index (κ2) is 5.39. The Morgan fingerprint density at radius 1 is 1.65 bits per heavy atom. The molecule has 0 fully saturated rings. The highest BCUT2D eigenvalue weighted by atomic mass is 79.9. The number of aromatic amines is 1. The van der Waals surface area contributed by atoms with Gasteiger partial charge >= 0.3 is 0 Å². The third kappa shape index (κ3) is 3.11. The summed E-state index contributed by atoms with van der Waals surface area (Å²) in [4.78, 5) is 18.0. The van der Waals surface area contributed by atoms with E-state index < -0.39 is 0 Å². The van der Waals surface area contributed by atoms with E-state index in [1.165, 1.54) is 11.8 Å². The van der Waals surface area contributed by atoms with Crippen LogP contribution in [0.3, 0.4) is 0 Å². The number of pyridine rings is 1. The molecule has 5 heteroatoms. The number of thioether (sulfide) groups is 1. The number of H-pyrrole nitrogens is 1. The molecule has 86 valence electrons. The van der Waals surface area contributed by atoms with E-state index in [1.807, 2.05) is 12.3 Å². The molecule has 0 spiro atoms. The van der Waals surface area contributed by atoms with Gasteiger partial charge in [0.15, 0.2) is 5.12 Å². The fourth-order valence-electron chi connectivity index (χ4n) is 1.35. The highest BCUT2D eigenvalue weighted by Crippen LogP contribution is 2.19. The molecule has 1 N–H and O–H groups in total. The Labute approximate surface area is 112 Å². The summed E-state index contributed by atoms with van der Waals surface area (Å²) in [6, 6.07) is 1.97. The normalized spacial score (nSPS) is 10.0. The van der Waals surface area contributed by atoms with Crippen LogP contribution in [0.1, 0.15) is 12.5 Å². The minimum Gasteiger partial charge on any atom is -0.345 e. The molecule has 0 aromatic carbocycles. The smallest absolute Gasteiger partial charge is 0.186 e. The van der Waals surface area contributed by atoms with E-state index in [-0.39, 0.29) is 5.12 Å². The van der Waals surface area contributed by atoms with Crippen LogP contribution in [0.5, 0.6) is 0 Å². The zero-order valence-corrected chi connectivity index (χ0v) is 11.5. The van der Waals surface area contributed by atoms with Crippen molar-refractivity contribution < 1.29 is 4.79 Å². The molecule has 3 nitrogen and oxygen atoms in total. The van der Waals surface area contributed by atoms with Gasteiger partial charge in [-0.15, -0.1) is 0 Å². The van der Waals surface area contributed by atoms with Crippen LogP contribution < -0.4 is 0 Å². The summed E-state index contributed by atoms with van der Waals surface area (Å²) in [6.07, 6.45) is 3.57. The fraction of sp³-hybridized carbons (Fsp3) is 0.167. The van der Waals surface area contributed by atoms with Crippen molar-refractivity contribution in [2.75, 3.05) is 5.75 Å². The van der Waals surface area contributed by atoms with Crippen molar-refractivity contribution in [1.29, 1.82) is 0 Å². The molecule has 17 heavy (non-hydrogen) atoms. The van der Waals surface area contributed by atoms with Gasteiger partial charge in [0.25, 0.3) is 0 Å². The van der Waals surface area contributed by atoms with Gasteiger partial charge in [-0.3, -0.25) is 4.79 Å². The van der Waals surface area contributed by atoms with Crippen molar-refractivity contribution in [3.8, 4) is 11.8 Å². The van der Waals surface area contributed by atoms with E-state index in [4.69, 9.17) is 0 Å². The minimum atomic E-state index is 0.0858. The Balaban J connectivity index is 2.24. The molecule has 0 unspecified atom stereocenters. The third-order valence-electron chi connectivity index (χ3n) is 2.07. The number of aromatic nitrogens is 2. The third-order valence-corrected chi connectivity index (χ3v) is 3.20. The zero-order chi connectivity index (χ0) is 12.3. The van der Waals surface area contributed by atoms with Crippen LogP contribution >= 0.6 is 27.7 Å². The van der Waals surface area contributed by atoms with Crippen LogP contribution in [0.2, 0.25) is 0 Å². The molecular weight excluding hydrogens is 300 g/mol. The van der Waals surface area contributed by atoms with E-state index in [0.717, 1.165) is 21.1 Å². The second-order valence-electron chi connectivity index (χ2n) is 3.33. The maximum atomic E-state index is 10.7.